The number of carbonyl (C=O) groups excluding carboxylic acids is 1. The summed E-state index contributed by atoms with van der Waals surface area (Å²) in [5, 5.41) is 20.0. The smallest absolute Gasteiger partial charge is 0.251 e. The van der Waals surface area contributed by atoms with Crippen LogP contribution >= 0.6 is 0 Å². The summed E-state index contributed by atoms with van der Waals surface area (Å²) in [5.41, 5.74) is 3.89. The molecule has 0 fully saturated rings. The van der Waals surface area contributed by atoms with Gasteiger partial charge in [-0.1, -0.05) is 0 Å². The zero-order valence-corrected chi connectivity index (χ0v) is 10.3. The molecule has 7 nitrogen and oxygen atoms in total. The van der Waals surface area contributed by atoms with Gasteiger partial charge in [0.1, 0.15) is 11.0 Å². The summed E-state index contributed by atoms with van der Waals surface area (Å²) in [4.78, 5) is 12.0. The lowest BCUT2D eigenvalue weighted by Gasteiger charge is -2.04. The van der Waals surface area contributed by atoms with E-state index < -0.39 is 0 Å². The Kier molecular flexibility index (Phi) is 2.71. The van der Waals surface area contributed by atoms with Crippen molar-refractivity contribution in [1.82, 2.24) is 30.9 Å². The molecule has 0 bridgehead atoms. The van der Waals surface area contributed by atoms with Crippen LogP contribution in [0.25, 0.3) is 11.0 Å². The topological polar surface area (TPSA) is 99.4 Å². The van der Waals surface area contributed by atoms with E-state index in [1.165, 1.54) is 0 Å². The Morgan fingerprint density at radius 3 is 2.95 bits per heavy atom. The molecule has 3 N–H and O–H groups in total. The van der Waals surface area contributed by atoms with E-state index in [0.717, 1.165) is 16.8 Å². The van der Waals surface area contributed by atoms with Crippen LogP contribution in [0.3, 0.4) is 0 Å². The van der Waals surface area contributed by atoms with E-state index in [-0.39, 0.29) is 5.91 Å². The number of amides is 1. The summed E-state index contributed by atoms with van der Waals surface area (Å²) in [6, 6.07) is 5.19. The number of nitrogens with one attached hydrogen (secondary N) is 3. The molecule has 0 radical (unpaired) electrons. The van der Waals surface area contributed by atoms with Gasteiger partial charge in [-0.2, -0.15) is 20.5 Å². The predicted molar refractivity (Wildman–Crippen MR) is 68.4 cm³/mol. The highest BCUT2D eigenvalue weighted by Crippen LogP contribution is 2.11. The van der Waals surface area contributed by atoms with E-state index in [1.54, 1.807) is 24.4 Å². The number of rotatable bonds is 3. The number of H-pyrrole nitrogens is 2. The van der Waals surface area contributed by atoms with Crippen molar-refractivity contribution in [3.63, 3.8) is 0 Å². The molecule has 0 aliphatic heterocycles. The number of aromatic nitrogens is 5. The minimum Gasteiger partial charge on any atom is -0.348 e. The zero-order valence-electron chi connectivity index (χ0n) is 10.3. The highest BCUT2D eigenvalue weighted by atomic mass is 16.1. The van der Waals surface area contributed by atoms with Crippen molar-refractivity contribution in [2.75, 3.05) is 0 Å². The molecule has 19 heavy (non-hydrogen) atoms. The molecule has 0 saturated carbocycles. The third-order valence-electron chi connectivity index (χ3n) is 2.95. The summed E-state index contributed by atoms with van der Waals surface area (Å²) in [5.74, 6) is -0.148. The zero-order chi connectivity index (χ0) is 13.2. The van der Waals surface area contributed by atoms with Crippen molar-refractivity contribution in [2.45, 2.75) is 13.5 Å². The first kappa shape index (κ1) is 11.4. The first-order valence-electron chi connectivity index (χ1n) is 5.81. The molecule has 2 aromatic heterocycles. The summed E-state index contributed by atoms with van der Waals surface area (Å²) in [6.07, 6.45) is 1.70. The van der Waals surface area contributed by atoms with E-state index in [0.29, 0.717) is 17.6 Å². The molecule has 3 aromatic rings. The summed E-state index contributed by atoms with van der Waals surface area (Å²) < 4.78 is 0. The van der Waals surface area contributed by atoms with Crippen LogP contribution in [-0.4, -0.2) is 31.5 Å². The fourth-order valence-electron chi connectivity index (χ4n) is 1.81. The maximum absolute atomic E-state index is 12.0. The van der Waals surface area contributed by atoms with Crippen LogP contribution in [0.1, 0.15) is 21.6 Å². The number of hydrogen-bond acceptors (Lipinski definition) is 4. The van der Waals surface area contributed by atoms with E-state index in [2.05, 4.69) is 30.9 Å². The van der Waals surface area contributed by atoms with Crippen LogP contribution in [0, 0.1) is 6.92 Å². The van der Waals surface area contributed by atoms with Gasteiger partial charge in [0.15, 0.2) is 0 Å². The number of carbonyl (C=O) groups is 1. The van der Waals surface area contributed by atoms with Gasteiger partial charge in [-0.15, -0.1) is 0 Å². The second kappa shape index (κ2) is 4.52. The van der Waals surface area contributed by atoms with Gasteiger partial charge in [0.05, 0.1) is 6.20 Å². The van der Waals surface area contributed by atoms with Gasteiger partial charge in [0.2, 0.25) is 0 Å². The Morgan fingerprint density at radius 2 is 2.16 bits per heavy atom. The predicted octanol–water partition coefficient (Wildman–Crippen LogP) is 0.919. The van der Waals surface area contributed by atoms with E-state index in [9.17, 15) is 4.79 Å². The molecule has 0 saturated heterocycles. The number of aromatic amines is 2. The lowest BCUT2D eigenvalue weighted by atomic mass is 10.2. The quantitative estimate of drug-likeness (QED) is 0.648. The number of aryl methyl sites for hydroxylation is 1. The molecule has 1 aromatic carbocycles. The lowest BCUT2D eigenvalue weighted by Crippen LogP contribution is -2.22. The van der Waals surface area contributed by atoms with Crippen LogP contribution in [0.4, 0.5) is 0 Å². The maximum Gasteiger partial charge on any atom is 0.251 e. The third-order valence-corrected chi connectivity index (χ3v) is 2.95. The van der Waals surface area contributed by atoms with E-state index in [4.69, 9.17) is 0 Å². The monoisotopic (exact) mass is 256 g/mol. The van der Waals surface area contributed by atoms with Crippen molar-refractivity contribution in [2.24, 2.45) is 0 Å². The number of hydrogen-bond donors (Lipinski definition) is 3. The Bertz CT molecular complexity index is 728. The molecular weight excluding hydrogens is 244 g/mol. The highest BCUT2D eigenvalue weighted by molar-refractivity contribution is 5.97. The first-order valence-corrected chi connectivity index (χ1v) is 5.81. The molecule has 3 rings (SSSR count). The van der Waals surface area contributed by atoms with Crippen LogP contribution in [0.15, 0.2) is 24.4 Å². The van der Waals surface area contributed by atoms with Gasteiger partial charge in [0, 0.05) is 23.4 Å². The number of nitrogens with zero attached hydrogens (tertiary/aromatic N) is 3. The summed E-state index contributed by atoms with van der Waals surface area (Å²) in [7, 11) is 0. The van der Waals surface area contributed by atoms with Crippen molar-refractivity contribution >= 4 is 16.9 Å². The largest absolute Gasteiger partial charge is 0.348 e. The fourth-order valence-corrected chi connectivity index (χ4v) is 1.81. The molecule has 0 aliphatic rings. The van der Waals surface area contributed by atoms with Gasteiger partial charge >= 0.3 is 0 Å². The van der Waals surface area contributed by atoms with Gasteiger partial charge in [-0.3, -0.25) is 9.89 Å². The minimum absolute atomic E-state index is 0.148. The van der Waals surface area contributed by atoms with Crippen molar-refractivity contribution in [1.29, 1.82) is 0 Å². The lowest BCUT2D eigenvalue weighted by molar-refractivity contribution is 0.0951. The van der Waals surface area contributed by atoms with Gasteiger partial charge < -0.3 is 5.32 Å². The van der Waals surface area contributed by atoms with Crippen LogP contribution in [-0.2, 0) is 6.54 Å². The highest BCUT2D eigenvalue weighted by Gasteiger charge is 2.09. The Balaban J connectivity index is 1.74. The number of benzene rings is 1. The van der Waals surface area contributed by atoms with Crippen molar-refractivity contribution in [3.8, 4) is 0 Å². The molecule has 7 heteroatoms. The molecule has 2 heterocycles. The van der Waals surface area contributed by atoms with E-state index >= 15 is 0 Å². The van der Waals surface area contributed by atoms with Crippen LogP contribution in [0.5, 0.6) is 0 Å². The Labute approximate surface area is 108 Å². The molecule has 0 unspecified atom stereocenters. The van der Waals surface area contributed by atoms with Crippen LogP contribution < -0.4 is 5.32 Å². The third kappa shape index (κ3) is 2.17. The first-order chi connectivity index (χ1) is 9.24. The van der Waals surface area contributed by atoms with Gasteiger partial charge in [-0.05, 0) is 25.1 Å². The number of fused-ring (bicyclic) bond motifs is 1. The standard InChI is InChI=1S/C12H12N6O/c1-7-9(6-14-15-7)5-13-12(19)8-2-3-10-11(4-8)17-18-16-10/h2-4,6H,5H2,1H3,(H,13,19)(H,14,15)(H,16,17,18). The second-order valence-corrected chi connectivity index (χ2v) is 4.23. The van der Waals surface area contributed by atoms with Gasteiger partial charge in [0.25, 0.3) is 5.91 Å². The average molecular weight is 256 g/mol. The summed E-state index contributed by atoms with van der Waals surface area (Å²) >= 11 is 0. The van der Waals surface area contributed by atoms with Crippen LogP contribution in [0.2, 0.25) is 0 Å². The molecule has 0 spiro atoms. The second-order valence-electron chi connectivity index (χ2n) is 4.23. The normalized spacial score (nSPS) is 10.8. The van der Waals surface area contributed by atoms with Gasteiger partial charge in [-0.25, -0.2) is 0 Å². The minimum atomic E-state index is -0.148. The SMILES string of the molecule is Cc1[nH]ncc1CNC(=O)c1ccc2n[nH]nc2c1. The summed E-state index contributed by atoms with van der Waals surface area (Å²) in [6.45, 7) is 2.36. The molecule has 0 aliphatic carbocycles. The van der Waals surface area contributed by atoms with Crippen molar-refractivity contribution in [3.05, 3.63) is 41.2 Å². The average Bonchev–Trinajstić information content (AvgIpc) is 3.03. The molecule has 0 atom stereocenters. The van der Waals surface area contributed by atoms with E-state index in [1.807, 2.05) is 6.92 Å². The molecular formula is C12H12N6O. The fraction of sp³-hybridized carbons (Fsp3) is 0.167. The van der Waals surface area contributed by atoms with Crippen molar-refractivity contribution < 1.29 is 4.79 Å². The Morgan fingerprint density at radius 1 is 1.32 bits per heavy atom. The molecule has 96 valence electrons. The molecule has 1 amide bonds. The maximum atomic E-state index is 12.0. The Hall–Kier alpha value is -2.70.